The molecule has 8 heteroatoms. The molecule has 1 N–H and O–H groups in total. The average Bonchev–Trinajstić information content (AvgIpc) is 3.18. The first kappa shape index (κ1) is 13.2. The van der Waals surface area contributed by atoms with Gasteiger partial charge in [-0.05, 0) is 12.0 Å². The van der Waals surface area contributed by atoms with Gasteiger partial charge in [-0.2, -0.15) is 5.21 Å². The molecule has 2 aliphatic rings. The molecule has 0 radical (unpaired) electrons. The molecule has 0 bridgehead atoms. The van der Waals surface area contributed by atoms with Crippen molar-refractivity contribution in [3.8, 4) is 0 Å². The number of ether oxygens (including phenoxy) is 2. The zero-order chi connectivity index (χ0) is 15.0. The number of carbonyl (C=O) groups excluding carboxylic acids is 1. The molecule has 1 aromatic carbocycles. The van der Waals surface area contributed by atoms with Gasteiger partial charge in [-0.1, -0.05) is 35.5 Å². The predicted octanol–water partition coefficient (Wildman–Crippen LogP) is 0.489. The number of aromatic amines is 1. The molecule has 2 fully saturated rings. The van der Waals surface area contributed by atoms with E-state index in [9.17, 15) is 4.79 Å². The summed E-state index contributed by atoms with van der Waals surface area (Å²) in [6.45, 7) is 0.948. The Labute approximate surface area is 126 Å². The highest BCUT2D eigenvalue weighted by atomic mass is 16.6. The number of H-pyrrole nitrogens is 1. The molecule has 114 valence electrons. The van der Waals surface area contributed by atoms with Gasteiger partial charge in [0, 0.05) is 0 Å². The predicted molar refractivity (Wildman–Crippen MR) is 73.8 cm³/mol. The molecule has 0 aliphatic carbocycles. The summed E-state index contributed by atoms with van der Waals surface area (Å²) in [7, 11) is 0. The maximum Gasteiger partial charge on any atom is 0.411 e. The molecule has 0 saturated carbocycles. The fourth-order valence-electron chi connectivity index (χ4n) is 3.18. The summed E-state index contributed by atoms with van der Waals surface area (Å²) in [5.74, 6) is 0.427. The number of hydrogen-bond donors (Lipinski definition) is 1. The number of nitrogens with one attached hydrogen (secondary N) is 1. The van der Waals surface area contributed by atoms with Crippen molar-refractivity contribution in [3.05, 3.63) is 41.7 Å². The molecule has 2 atom stereocenters. The van der Waals surface area contributed by atoms with Crippen LogP contribution in [0, 0.1) is 0 Å². The first-order chi connectivity index (χ1) is 10.8. The lowest BCUT2D eigenvalue weighted by atomic mass is 9.93. The molecule has 4 rings (SSSR count). The highest BCUT2D eigenvalue weighted by Crippen LogP contribution is 2.38. The second kappa shape index (κ2) is 5.06. The Balaban J connectivity index is 1.68. The van der Waals surface area contributed by atoms with Crippen molar-refractivity contribution in [1.29, 1.82) is 0 Å². The van der Waals surface area contributed by atoms with E-state index in [0.717, 1.165) is 5.56 Å². The standard InChI is InChI=1S/C14H15N5O3/c20-13-19-11(6-10-4-2-1-3-5-10)7-21-8-14(19,9-22-13)12-15-17-18-16-12/h1-5,11H,6-9H2,(H,15,16,17,18)/t11-,14?/m0/s1. The van der Waals surface area contributed by atoms with E-state index in [1.807, 2.05) is 30.3 Å². The minimum Gasteiger partial charge on any atom is -0.446 e. The van der Waals surface area contributed by atoms with Crippen LogP contribution in [-0.2, 0) is 21.4 Å². The third kappa shape index (κ3) is 1.95. The van der Waals surface area contributed by atoms with Gasteiger partial charge in [0.25, 0.3) is 0 Å². The van der Waals surface area contributed by atoms with Gasteiger partial charge in [-0.15, -0.1) is 10.2 Å². The summed E-state index contributed by atoms with van der Waals surface area (Å²) in [5.41, 5.74) is 0.349. The van der Waals surface area contributed by atoms with Gasteiger partial charge in [-0.25, -0.2) is 4.79 Å². The number of carbonyl (C=O) groups is 1. The van der Waals surface area contributed by atoms with Crippen molar-refractivity contribution < 1.29 is 14.3 Å². The SMILES string of the molecule is O=C1OCC2(c3nn[nH]n3)COC[C@H](Cc3ccccc3)N12. The van der Waals surface area contributed by atoms with Crippen molar-refractivity contribution in [3.63, 3.8) is 0 Å². The quantitative estimate of drug-likeness (QED) is 0.886. The lowest BCUT2D eigenvalue weighted by Gasteiger charge is -2.42. The van der Waals surface area contributed by atoms with Crippen LogP contribution in [0.15, 0.2) is 30.3 Å². The summed E-state index contributed by atoms with van der Waals surface area (Å²) in [4.78, 5) is 14.0. The topological polar surface area (TPSA) is 93.2 Å². The largest absolute Gasteiger partial charge is 0.446 e. The number of benzene rings is 1. The molecule has 22 heavy (non-hydrogen) atoms. The first-order valence-corrected chi connectivity index (χ1v) is 7.11. The van der Waals surface area contributed by atoms with Crippen LogP contribution in [0.3, 0.4) is 0 Å². The molecule has 8 nitrogen and oxygen atoms in total. The second-order valence-electron chi connectivity index (χ2n) is 5.55. The number of morpholine rings is 1. The van der Waals surface area contributed by atoms with Crippen LogP contribution >= 0.6 is 0 Å². The molecular formula is C14H15N5O3. The maximum atomic E-state index is 12.3. The molecule has 1 amide bonds. The van der Waals surface area contributed by atoms with Gasteiger partial charge in [-0.3, -0.25) is 4.90 Å². The number of tetrazole rings is 1. The van der Waals surface area contributed by atoms with Gasteiger partial charge in [0.05, 0.1) is 19.3 Å². The highest BCUT2D eigenvalue weighted by molar-refractivity contribution is 5.72. The normalized spacial score (nSPS) is 27.5. The Hall–Kier alpha value is -2.48. The smallest absolute Gasteiger partial charge is 0.411 e. The molecule has 2 aliphatic heterocycles. The second-order valence-corrected chi connectivity index (χ2v) is 5.55. The third-order valence-electron chi connectivity index (χ3n) is 4.18. The Morgan fingerprint density at radius 1 is 1.32 bits per heavy atom. The van der Waals surface area contributed by atoms with Crippen LogP contribution < -0.4 is 0 Å². The molecular weight excluding hydrogens is 286 g/mol. The number of aromatic nitrogens is 4. The monoisotopic (exact) mass is 301 g/mol. The van der Waals surface area contributed by atoms with Gasteiger partial charge >= 0.3 is 6.09 Å². The molecule has 0 spiro atoms. The van der Waals surface area contributed by atoms with Crippen LogP contribution in [0.5, 0.6) is 0 Å². The highest BCUT2D eigenvalue weighted by Gasteiger charge is 2.57. The zero-order valence-corrected chi connectivity index (χ0v) is 11.8. The molecule has 1 unspecified atom stereocenters. The number of hydrogen-bond acceptors (Lipinski definition) is 6. The van der Waals surface area contributed by atoms with Crippen molar-refractivity contribution >= 4 is 6.09 Å². The van der Waals surface area contributed by atoms with Crippen LogP contribution in [0.2, 0.25) is 0 Å². The van der Waals surface area contributed by atoms with E-state index in [0.29, 0.717) is 25.5 Å². The fraction of sp³-hybridized carbons (Fsp3) is 0.429. The fourth-order valence-corrected chi connectivity index (χ4v) is 3.18. The van der Waals surface area contributed by atoms with E-state index >= 15 is 0 Å². The Morgan fingerprint density at radius 3 is 2.95 bits per heavy atom. The lowest BCUT2D eigenvalue weighted by Crippen LogP contribution is -2.59. The third-order valence-corrected chi connectivity index (χ3v) is 4.18. The van der Waals surface area contributed by atoms with E-state index in [1.165, 1.54) is 0 Å². The average molecular weight is 301 g/mol. The van der Waals surface area contributed by atoms with Crippen molar-refractivity contribution in [1.82, 2.24) is 25.5 Å². The van der Waals surface area contributed by atoms with Gasteiger partial charge in [0.15, 0.2) is 5.54 Å². The number of fused-ring (bicyclic) bond motifs is 1. The molecule has 3 heterocycles. The number of rotatable bonds is 3. The summed E-state index contributed by atoms with van der Waals surface area (Å²) in [6, 6.07) is 9.87. The van der Waals surface area contributed by atoms with E-state index in [-0.39, 0.29) is 18.7 Å². The summed E-state index contributed by atoms with van der Waals surface area (Å²) < 4.78 is 11.0. The first-order valence-electron chi connectivity index (χ1n) is 7.11. The number of nitrogens with zero attached hydrogens (tertiary/aromatic N) is 4. The minimum atomic E-state index is -0.790. The summed E-state index contributed by atoms with van der Waals surface area (Å²) in [5, 5.41) is 14.1. The zero-order valence-electron chi connectivity index (χ0n) is 11.8. The Morgan fingerprint density at radius 2 is 2.18 bits per heavy atom. The van der Waals surface area contributed by atoms with Gasteiger partial charge in [0.1, 0.15) is 6.61 Å². The molecule has 1 aromatic heterocycles. The van der Waals surface area contributed by atoms with Crippen LogP contribution in [0.1, 0.15) is 11.4 Å². The van der Waals surface area contributed by atoms with Crippen molar-refractivity contribution in [2.75, 3.05) is 19.8 Å². The van der Waals surface area contributed by atoms with E-state index < -0.39 is 5.54 Å². The van der Waals surface area contributed by atoms with Crippen molar-refractivity contribution in [2.24, 2.45) is 0 Å². The van der Waals surface area contributed by atoms with Crippen molar-refractivity contribution in [2.45, 2.75) is 18.0 Å². The van der Waals surface area contributed by atoms with Crippen LogP contribution in [-0.4, -0.2) is 57.5 Å². The minimum absolute atomic E-state index is 0.121. The summed E-state index contributed by atoms with van der Waals surface area (Å²) >= 11 is 0. The molecule has 2 aromatic rings. The van der Waals surface area contributed by atoms with Gasteiger partial charge in [0.2, 0.25) is 5.82 Å². The van der Waals surface area contributed by atoms with E-state index in [2.05, 4.69) is 20.6 Å². The maximum absolute atomic E-state index is 12.3. The van der Waals surface area contributed by atoms with Gasteiger partial charge < -0.3 is 9.47 Å². The lowest BCUT2D eigenvalue weighted by molar-refractivity contribution is -0.0691. The van der Waals surface area contributed by atoms with Crippen LogP contribution in [0.25, 0.3) is 0 Å². The van der Waals surface area contributed by atoms with E-state index in [1.54, 1.807) is 4.90 Å². The Kier molecular flexibility index (Phi) is 3.04. The number of amides is 1. The molecule has 2 saturated heterocycles. The Bertz CT molecular complexity index is 662. The van der Waals surface area contributed by atoms with E-state index in [4.69, 9.17) is 9.47 Å². The number of cyclic esters (lactones) is 1. The summed E-state index contributed by atoms with van der Waals surface area (Å²) in [6.07, 6.45) is 0.337. The van der Waals surface area contributed by atoms with Crippen LogP contribution in [0.4, 0.5) is 4.79 Å².